The van der Waals surface area contributed by atoms with E-state index < -0.39 is 18.2 Å². The van der Waals surface area contributed by atoms with E-state index >= 15 is 0 Å². The number of carbonyl (C=O) groups is 4. The summed E-state index contributed by atoms with van der Waals surface area (Å²) in [5.74, 6) is -0.114. The lowest BCUT2D eigenvalue weighted by molar-refractivity contribution is -0.125. The van der Waals surface area contributed by atoms with E-state index in [0.29, 0.717) is 40.8 Å². The maximum Gasteiger partial charge on any atom is 0.345 e. The lowest BCUT2D eigenvalue weighted by Crippen LogP contribution is -2.33. The highest BCUT2D eigenvalue weighted by atomic mass is 16.7. The number of carbonyl (C=O) groups excluding carboxylic acids is 3. The summed E-state index contributed by atoms with van der Waals surface area (Å²) in [5, 5.41) is 42.3. The van der Waals surface area contributed by atoms with Crippen molar-refractivity contribution in [2.24, 2.45) is 11.8 Å². The summed E-state index contributed by atoms with van der Waals surface area (Å²) in [6.07, 6.45) is 18.5. The minimum atomic E-state index is -1.15. The summed E-state index contributed by atoms with van der Waals surface area (Å²) in [4.78, 5) is 46.1. The summed E-state index contributed by atoms with van der Waals surface area (Å²) in [6.45, 7) is 23.3. The van der Waals surface area contributed by atoms with Crippen LogP contribution in [0.3, 0.4) is 0 Å². The molecule has 1 unspecified atom stereocenters. The van der Waals surface area contributed by atoms with Crippen LogP contribution in [0.5, 0.6) is 23.0 Å². The van der Waals surface area contributed by atoms with E-state index in [2.05, 4.69) is 46.4 Å². The fourth-order valence-corrected chi connectivity index (χ4v) is 8.66. The Labute approximate surface area is 368 Å². The first-order valence-corrected chi connectivity index (χ1v) is 22.0. The van der Waals surface area contributed by atoms with Crippen molar-refractivity contribution in [2.45, 2.75) is 157 Å². The molecule has 0 amide bonds. The predicted molar refractivity (Wildman–Crippen MR) is 244 cm³/mol. The Morgan fingerprint density at radius 2 is 1.24 bits per heavy atom. The van der Waals surface area contributed by atoms with Crippen LogP contribution in [0.4, 0.5) is 0 Å². The number of Topliss-reactive ketones (excluding diaryl/α,β-unsaturated/α-hetero) is 2. The van der Waals surface area contributed by atoms with Gasteiger partial charge in [-0.25, -0.2) is 9.59 Å². The lowest BCUT2D eigenvalue weighted by Gasteiger charge is -2.35. The number of unbranched alkanes of at least 4 members (excludes halogenated alkanes) is 4. The Bertz CT molecular complexity index is 2110. The number of hydrogen-bond acceptors (Lipinski definition) is 9. The monoisotopic (exact) mass is 852 g/mol. The molecular formula is C52H68O10. The Kier molecular flexibility index (Phi) is 19.3. The lowest BCUT2D eigenvalue weighted by atomic mass is 9.73. The zero-order valence-corrected chi connectivity index (χ0v) is 38.1. The molecule has 3 aliphatic rings. The molecule has 0 radical (unpaired) electrons. The van der Waals surface area contributed by atoms with Crippen LogP contribution >= 0.6 is 0 Å². The van der Waals surface area contributed by atoms with Crippen LogP contribution in [-0.2, 0) is 27.2 Å². The van der Waals surface area contributed by atoms with Crippen LogP contribution < -0.4 is 4.74 Å². The van der Waals surface area contributed by atoms with Gasteiger partial charge in [0.1, 0.15) is 39.9 Å². The number of hydrogen-bond donors (Lipinski definition) is 4. The number of cyclic esters (lactones) is 1. The van der Waals surface area contributed by atoms with Gasteiger partial charge in [-0.15, -0.1) is 6.42 Å². The van der Waals surface area contributed by atoms with E-state index in [-0.39, 0.29) is 64.5 Å². The molecule has 62 heavy (non-hydrogen) atoms. The topological polar surface area (TPSA) is 168 Å². The van der Waals surface area contributed by atoms with Crippen molar-refractivity contribution in [1.29, 1.82) is 0 Å². The number of esters is 1. The number of aromatic carboxylic acids is 1. The Hall–Kier alpha value is -5.56. The van der Waals surface area contributed by atoms with Crippen LogP contribution in [0.15, 0.2) is 59.7 Å². The molecule has 4 N–H and O–H groups in total. The maximum absolute atomic E-state index is 13.0. The van der Waals surface area contributed by atoms with Gasteiger partial charge in [0.15, 0.2) is 0 Å². The third-order valence-electron chi connectivity index (χ3n) is 11.9. The van der Waals surface area contributed by atoms with Crippen LogP contribution in [-0.4, -0.2) is 50.2 Å². The molecule has 2 aliphatic carbocycles. The second-order valence-corrected chi connectivity index (χ2v) is 17.2. The number of terminal acetylenes is 1. The highest BCUT2D eigenvalue weighted by Crippen LogP contribution is 2.51. The van der Waals surface area contributed by atoms with E-state index in [4.69, 9.17) is 9.47 Å². The van der Waals surface area contributed by atoms with Crippen LogP contribution in [0, 0.1) is 24.2 Å². The molecule has 2 aromatic rings. The van der Waals surface area contributed by atoms with Gasteiger partial charge in [-0.2, -0.15) is 0 Å². The van der Waals surface area contributed by atoms with Gasteiger partial charge in [0.25, 0.3) is 6.29 Å². The average molecular weight is 853 g/mol. The van der Waals surface area contributed by atoms with Gasteiger partial charge in [-0.05, 0) is 127 Å². The maximum atomic E-state index is 13.0. The van der Waals surface area contributed by atoms with E-state index in [1.54, 1.807) is 6.07 Å². The first-order chi connectivity index (χ1) is 29.3. The molecule has 10 nitrogen and oxygen atoms in total. The van der Waals surface area contributed by atoms with Gasteiger partial charge in [0, 0.05) is 29.9 Å². The number of benzene rings is 2. The first-order valence-electron chi connectivity index (χ1n) is 22.0. The van der Waals surface area contributed by atoms with Crippen molar-refractivity contribution in [3.05, 3.63) is 93.1 Å². The van der Waals surface area contributed by atoms with E-state index in [1.165, 1.54) is 31.1 Å². The Balaban J connectivity index is 0.000000302. The number of carboxylic acid groups (broad SMARTS) is 1. The Morgan fingerprint density at radius 3 is 1.69 bits per heavy atom. The van der Waals surface area contributed by atoms with Crippen molar-refractivity contribution in [1.82, 2.24) is 0 Å². The smallest absolute Gasteiger partial charge is 0.345 e. The number of ether oxygens (including phenoxy) is 2. The molecule has 2 aromatic carbocycles. The summed E-state index contributed by atoms with van der Waals surface area (Å²) >= 11 is 0. The summed E-state index contributed by atoms with van der Waals surface area (Å²) in [5.41, 5.74) is 6.88. The quantitative estimate of drug-likeness (QED) is 0.0445. The zero-order valence-electron chi connectivity index (χ0n) is 38.1. The molecule has 1 aliphatic heterocycles. The van der Waals surface area contributed by atoms with Crippen LogP contribution in [0.2, 0.25) is 0 Å². The van der Waals surface area contributed by atoms with Gasteiger partial charge in [-0.3, -0.25) is 9.59 Å². The fraction of sp³-hybridized carbons (Fsp3) is 0.500. The van der Waals surface area contributed by atoms with Gasteiger partial charge in [-0.1, -0.05) is 87.1 Å². The minimum absolute atomic E-state index is 0.0190. The number of fused-ring (bicyclic) bond motifs is 1. The molecular weight excluding hydrogens is 785 g/mol. The molecule has 0 bridgehead atoms. The fourth-order valence-electron chi connectivity index (χ4n) is 8.66. The normalized spacial score (nSPS) is 20.2. The molecule has 1 heterocycles. The molecule has 5 rings (SSSR count). The number of phenolic OH excluding ortho intramolecular Hbond substituents is 2. The standard InChI is InChI=1S/C26H34O5.C22H30O4.C4H4O/c1-6-7-8-9-18-14-21(28)24(20-12-16(4)10-11-19(20)15(2)3)25-23(18)26(29)31-22(30-25)13-17(5)27;1-5-6-7-8-15-12-18(23)20(21(24)19(15)22(25)26)17-11-14(4)9-10-16(17)13(2)3;1-3-4(2)5/h12,14,19-20,22,28H,2,6-11,13H2,1,3-5H3;11-12,16-17,23-24H,2,5-10H2,1,3-4H3,(H,25,26);1H,2H3/t19-,20+,22?;16-,17+;/m00./s1. The number of aromatic hydroxyl groups is 3. The van der Waals surface area contributed by atoms with Gasteiger partial charge < -0.3 is 29.9 Å². The van der Waals surface area contributed by atoms with Gasteiger partial charge in [0.05, 0.1) is 6.42 Å². The number of allylic oxidation sites excluding steroid dienone is 6. The summed E-state index contributed by atoms with van der Waals surface area (Å²) in [6, 6.07) is 3.23. The van der Waals surface area contributed by atoms with Crippen molar-refractivity contribution in [3.8, 4) is 35.3 Å². The van der Waals surface area contributed by atoms with E-state index in [1.807, 2.05) is 32.8 Å². The Morgan fingerprint density at radius 1 is 0.774 bits per heavy atom. The molecule has 10 heteroatoms. The molecule has 336 valence electrons. The van der Waals surface area contributed by atoms with Crippen molar-refractivity contribution in [3.63, 3.8) is 0 Å². The third kappa shape index (κ3) is 13.2. The molecule has 0 fully saturated rings. The summed E-state index contributed by atoms with van der Waals surface area (Å²) < 4.78 is 11.6. The average Bonchev–Trinajstić information content (AvgIpc) is 3.17. The van der Waals surface area contributed by atoms with Crippen molar-refractivity contribution < 1.29 is 49.1 Å². The number of aryl methyl sites for hydroxylation is 2. The molecule has 0 saturated carbocycles. The zero-order chi connectivity index (χ0) is 46.4. The van der Waals surface area contributed by atoms with Gasteiger partial charge >= 0.3 is 11.9 Å². The number of carboxylic acids is 1. The highest BCUT2D eigenvalue weighted by Gasteiger charge is 2.39. The van der Waals surface area contributed by atoms with E-state index in [0.717, 1.165) is 80.9 Å². The first kappa shape index (κ1) is 50.8. The SMILES string of the molecule is C#CC(C)=O.C=C(C)[C@@H]1CCC(C)=C[C@H]1c1c(O)cc(CCCCC)c(C(=O)O)c1O.C=C(C)[C@@H]1CCC(C)=C[C@H]1c1c(O)cc(CCCCC)c2c1OC(CC(C)=O)OC2=O. The van der Waals surface area contributed by atoms with Crippen molar-refractivity contribution in [2.75, 3.05) is 0 Å². The largest absolute Gasteiger partial charge is 0.507 e. The number of rotatable bonds is 15. The van der Waals surface area contributed by atoms with Crippen LogP contribution in [0.25, 0.3) is 0 Å². The summed E-state index contributed by atoms with van der Waals surface area (Å²) in [7, 11) is 0. The van der Waals surface area contributed by atoms with Crippen LogP contribution in [0.1, 0.15) is 181 Å². The minimum Gasteiger partial charge on any atom is -0.507 e. The molecule has 0 aromatic heterocycles. The van der Waals surface area contributed by atoms with E-state index in [9.17, 15) is 39.6 Å². The highest BCUT2D eigenvalue weighted by molar-refractivity contribution is 5.97. The molecule has 0 spiro atoms. The number of phenols is 3. The van der Waals surface area contributed by atoms with Crippen molar-refractivity contribution >= 4 is 23.5 Å². The third-order valence-corrected chi connectivity index (χ3v) is 11.9. The molecule has 0 saturated heterocycles. The predicted octanol–water partition coefficient (Wildman–Crippen LogP) is 11.7. The second kappa shape index (κ2) is 23.6. The second-order valence-electron chi connectivity index (χ2n) is 17.2. The van der Waals surface area contributed by atoms with Gasteiger partial charge in [0.2, 0.25) is 5.78 Å². The number of ketones is 2. The molecule has 5 atom stereocenters.